The Morgan fingerprint density at radius 3 is 1.84 bits per heavy atom. The van der Waals surface area contributed by atoms with Crippen molar-refractivity contribution in [2.45, 2.75) is 124 Å². The Morgan fingerprint density at radius 1 is 0.644 bits per heavy atom. The van der Waals surface area contributed by atoms with Crippen LogP contribution in [0.5, 0.6) is 0 Å². The van der Waals surface area contributed by atoms with E-state index in [1.807, 2.05) is 0 Å². The molecule has 9 heteroatoms. The first kappa shape index (κ1) is 25.4. The number of esters is 3. The highest BCUT2D eigenvalue weighted by atomic mass is 16.6. The standard InChI is InChI=1S/C36H39N3O6/c40-29-12-18-10-21(24-16-34(18,43-29)26-4-2-8-38(24)26)22-14-20-15-36(28-6-1-7-37(20)28)32(22)31(33(42)45-36)23-11-19-13-30(41)44-35(19)17-25(23)39-9-3-5-27(35)39/h12-14,20-21,23-28H,1-11,15-17H2. The van der Waals surface area contributed by atoms with Gasteiger partial charge in [-0.2, -0.15) is 0 Å². The summed E-state index contributed by atoms with van der Waals surface area (Å²) in [7, 11) is 0. The molecule has 2 saturated carbocycles. The van der Waals surface area contributed by atoms with Crippen LogP contribution >= 0.6 is 0 Å². The van der Waals surface area contributed by atoms with E-state index in [2.05, 4.69) is 20.8 Å². The first-order valence-electron chi connectivity index (χ1n) is 17.8. The minimum absolute atomic E-state index is 0.0133. The van der Waals surface area contributed by atoms with Crippen LogP contribution in [0.4, 0.5) is 0 Å². The Kier molecular flexibility index (Phi) is 4.42. The molecule has 3 spiro atoms. The van der Waals surface area contributed by atoms with Gasteiger partial charge in [0, 0.05) is 72.5 Å². The van der Waals surface area contributed by atoms with Crippen LogP contribution < -0.4 is 0 Å². The topological polar surface area (TPSA) is 88.6 Å². The molecule has 12 rings (SSSR count). The molecule has 0 aromatic rings. The Bertz CT molecular complexity index is 1680. The van der Waals surface area contributed by atoms with E-state index in [9.17, 15) is 14.4 Å². The van der Waals surface area contributed by atoms with E-state index < -0.39 is 16.8 Å². The average Bonchev–Trinajstić information content (AvgIpc) is 3.85. The average molecular weight is 610 g/mol. The van der Waals surface area contributed by atoms with E-state index in [4.69, 9.17) is 14.2 Å². The molecule has 0 amide bonds. The number of ether oxygens (including phenoxy) is 3. The monoisotopic (exact) mass is 609 g/mol. The van der Waals surface area contributed by atoms with Crippen molar-refractivity contribution < 1.29 is 28.6 Å². The van der Waals surface area contributed by atoms with Crippen molar-refractivity contribution in [1.29, 1.82) is 0 Å². The molecule has 45 heavy (non-hydrogen) atoms. The minimum Gasteiger partial charge on any atom is -0.450 e. The lowest BCUT2D eigenvalue weighted by molar-refractivity contribution is -0.150. The van der Waals surface area contributed by atoms with Crippen molar-refractivity contribution in [3.05, 3.63) is 46.1 Å². The van der Waals surface area contributed by atoms with Gasteiger partial charge in [0.2, 0.25) is 0 Å². The van der Waals surface area contributed by atoms with Crippen LogP contribution in [0.15, 0.2) is 46.1 Å². The third kappa shape index (κ3) is 2.71. The maximum absolute atomic E-state index is 14.6. The fourth-order valence-corrected chi connectivity index (χ4v) is 13.8. The van der Waals surface area contributed by atoms with E-state index >= 15 is 0 Å². The van der Waals surface area contributed by atoms with Gasteiger partial charge in [0.05, 0.1) is 18.1 Å². The summed E-state index contributed by atoms with van der Waals surface area (Å²) in [6, 6.07) is 1.44. The summed E-state index contributed by atoms with van der Waals surface area (Å²) in [5.74, 6) is -0.328. The second-order valence-corrected chi connectivity index (χ2v) is 16.3. The Labute approximate surface area is 262 Å². The zero-order valence-corrected chi connectivity index (χ0v) is 25.5. The van der Waals surface area contributed by atoms with Gasteiger partial charge in [0.25, 0.3) is 0 Å². The number of hydrogen-bond donors (Lipinski definition) is 0. The van der Waals surface area contributed by atoms with Gasteiger partial charge < -0.3 is 14.2 Å². The van der Waals surface area contributed by atoms with Gasteiger partial charge in [0.15, 0.2) is 16.8 Å². The molecule has 11 atom stereocenters. The third-order valence-corrected chi connectivity index (χ3v) is 15.0. The molecule has 3 aliphatic carbocycles. The number of carbonyl (C=O) groups excluding carboxylic acids is 3. The number of nitrogens with zero attached hydrogens (tertiary/aromatic N) is 3. The number of hydrogen-bond acceptors (Lipinski definition) is 9. The second kappa shape index (κ2) is 7.85. The molecule has 0 aromatic heterocycles. The molecular weight excluding hydrogens is 570 g/mol. The van der Waals surface area contributed by atoms with Crippen LogP contribution in [0.25, 0.3) is 0 Å². The molecular formula is C36H39N3O6. The van der Waals surface area contributed by atoms with Crippen molar-refractivity contribution >= 4 is 17.9 Å². The van der Waals surface area contributed by atoms with E-state index in [1.165, 1.54) is 16.7 Å². The SMILES string of the molecule is O=C1C=C2CC(C3=CC4CC5(OC(=O)C(C6CC7=CC(=O)OC78CC6N6CCCC68)=C35)C3CCCN43)C3CC2(O1)C1CCCN31. The van der Waals surface area contributed by atoms with Crippen molar-refractivity contribution in [2.75, 3.05) is 19.6 Å². The summed E-state index contributed by atoms with van der Waals surface area (Å²) in [5, 5.41) is 0. The summed E-state index contributed by atoms with van der Waals surface area (Å²) in [5.41, 5.74) is 4.15. The highest BCUT2D eigenvalue weighted by Gasteiger charge is 2.71. The molecule has 12 aliphatic rings. The van der Waals surface area contributed by atoms with Crippen LogP contribution in [0.3, 0.4) is 0 Å². The maximum Gasteiger partial charge on any atom is 0.335 e. The quantitative estimate of drug-likeness (QED) is 0.347. The second-order valence-electron chi connectivity index (χ2n) is 16.3. The molecule has 6 saturated heterocycles. The molecule has 11 unspecified atom stereocenters. The molecule has 9 nitrogen and oxygen atoms in total. The zero-order valence-electron chi connectivity index (χ0n) is 25.5. The number of carbonyl (C=O) groups is 3. The molecule has 9 aliphatic heterocycles. The summed E-state index contributed by atoms with van der Waals surface area (Å²) >= 11 is 0. The number of rotatable bonds is 2. The molecule has 0 radical (unpaired) electrons. The van der Waals surface area contributed by atoms with Crippen molar-refractivity contribution in [1.82, 2.24) is 14.7 Å². The fourth-order valence-electron chi connectivity index (χ4n) is 13.8. The summed E-state index contributed by atoms with van der Waals surface area (Å²) < 4.78 is 19.2. The van der Waals surface area contributed by atoms with Crippen molar-refractivity contribution in [2.24, 2.45) is 11.8 Å². The Hall–Kier alpha value is -2.75. The van der Waals surface area contributed by atoms with E-state index in [-0.39, 0.29) is 66.0 Å². The summed E-state index contributed by atoms with van der Waals surface area (Å²) in [4.78, 5) is 48.1. The molecule has 234 valence electrons. The van der Waals surface area contributed by atoms with Crippen LogP contribution in [-0.2, 0) is 28.6 Å². The fraction of sp³-hybridized carbons (Fsp3) is 0.694. The lowest BCUT2D eigenvalue weighted by atomic mass is 9.63. The predicted octanol–water partition coefficient (Wildman–Crippen LogP) is 2.71. The first-order valence-corrected chi connectivity index (χ1v) is 17.8. The van der Waals surface area contributed by atoms with E-state index in [0.29, 0.717) is 6.42 Å². The van der Waals surface area contributed by atoms with Gasteiger partial charge >= 0.3 is 17.9 Å². The molecule has 0 N–H and O–H groups in total. The first-order chi connectivity index (χ1) is 21.9. The smallest absolute Gasteiger partial charge is 0.335 e. The lowest BCUT2D eigenvalue weighted by Gasteiger charge is -2.42. The lowest BCUT2D eigenvalue weighted by Crippen LogP contribution is -2.46. The molecule has 0 aromatic carbocycles. The van der Waals surface area contributed by atoms with Crippen molar-refractivity contribution in [3.8, 4) is 0 Å². The van der Waals surface area contributed by atoms with E-state index in [1.54, 1.807) is 12.2 Å². The van der Waals surface area contributed by atoms with Crippen LogP contribution in [0.2, 0.25) is 0 Å². The molecule has 6 bridgehead atoms. The molecule has 9 heterocycles. The highest BCUT2D eigenvalue weighted by Crippen LogP contribution is 2.65. The van der Waals surface area contributed by atoms with E-state index in [0.717, 1.165) is 95.0 Å². The van der Waals surface area contributed by atoms with Gasteiger partial charge in [-0.25, -0.2) is 14.4 Å². The third-order valence-electron chi connectivity index (χ3n) is 15.0. The van der Waals surface area contributed by atoms with Gasteiger partial charge in [-0.1, -0.05) is 6.08 Å². The van der Waals surface area contributed by atoms with Crippen LogP contribution in [-0.4, -0.2) is 105 Å². The van der Waals surface area contributed by atoms with Gasteiger partial charge in [-0.3, -0.25) is 14.7 Å². The highest BCUT2D eigenvalue weighted by molar-refractivity contribution is 5.97. The summed E-state index contributed by atoms with van der Waals surface area (Å²) in [6.07, 6.45) is 16.6. The van der Waals surface area contributed by atoms with Gasteiger partial charge in [0.1, 0.15) is 0 Å². The predicted molar refractivity (Wildman–Crippen MR) is 158 cm³/mol. The summed E-state index contributed by atoms with van der Waals surface area (Å²) in [6.45, 7) is 3.09. The maximum atomic E-state index is 14.6. The van der Waals surface area contributed by atoms with Gasteiger partial charge in [-0.15, -0.1) is 0 Å². The zero-order chi connectivity index (χ0) is 29.6. The molecule has 8 fully saturated rings. The largest absolute Gasteiger partial charge is 0.450 e. The Balaban J connectivity index is 1.05. The van der Waals surface area contributed by atoms with Gasteiger partial charge in [-0.05, 0) is 87.7 Å². The Morgan fingerprint density at radius 2 is 1.20 bits per heavy atom. The number of fused-ring (bicyclic) bond motifs is 9. The van der Waals surface area contributed by atoms with Crippen LogP contribution in [0, 0.1) is 11.8 Å². The normalized spacial score (nSPS) is 51.7. The van der Waals surface area contributed by atoms with Crippen LogP contribution in [0.1, 0.15) is 70.6 Å². The minimum atomic E-state index is -0.598. The van der Waals surface area contributed by atoms with Crippen molar-refractivity contribution in [3.63, 3.8) is 0 Å².